The lowest BCUT2D eigenvalue weighted by Gasteiger charge is -2.16. The quantitative estimate of drug-likeness (QED) is 0.872. The van der Waals surface area contributed by atoms with Crippen LogP contribution in [0.25, 0.3) is 0 Å². The minimum atomic E-state index is -0.418. The number of benzene rings is 2. The van der Waals surface area contributed by atoms with Crippen LogP contribution in [0.15, 0.2) is 46.9 Å². The predicted octanol–water partition coefficient (Wildman–Crippen LogP) is 4.09. The molecule has 0 aliphatic rings. The summed E-state index contributed by atoms with van der Waals surface area (Å²) >= 11 is 3.49. The Balaban J connectivity index is 2.13. The molecule has 0 spiro atoms. The summed E-state index contributed by atoms with van der Waals surface area (Å²) in [5.74, 6) is -0.722. The van der Waals surface area contributed by atoms with E-state index in [1.807, 2.05) is 24.3 Å². The molecular weight excluding hydrogens is 324 g/mol. The third-order valence-corrected chi connectivity index (χ3v) is 4.09. The molecule has 0 aliphatic heterocycles. The first-order valence-electron chi connectivity index (χ1n) is 6.47. The second-order valence-corrected chi connectivity index (χ2v) is 5.69. The van der Waals surface area contributed by atoms with Crippen molar-refractivity contribution in [1.29, 1.82) is 0 Å². The summed E-state index contributed by atoms with van der Waals surface area (Å²) in [6.07, 6.45) is 1.16. The van der Waals surface area contributed by atoms with Crippen LogP contribution in [0, 0.1) is 17.6 Å². The average molecular weight is 340 g/mol. The van der Waals surface area contributed by atoms with Crippen molar-refractivity contribution in [2.75, 3.05) is 6.54 Å². The van der Waals surface area contributed by atoms with Crippen molar-refractivity contribution in [1.82, 2.24) is 0 Å². The summed E-state index contributed by atoms with van der Waals surface area (Å²) in [6, 6.07) is 11.4. The molecule has 2 aromatic carbocycles. The van der Waals surface area contributed by atoms with Crippen molar-refractivity contribution >= 4 is 15.9 Å². The van der Waals surface area contributed by atoms with E-state index in [9.17, 15) is 8.78 Å². The monoisotopic (exact) mass is 339 g/mol. The topological polar surface area (TPSA) is 26.0 Å². The van der Waals surface area contributed by atoms with Crippen LogP contribution in [0.4, 0.5) is 8.78 Å². The predicted molar refractivity (Wildman–Crippen MR) is 80.5 cm³/mol. The summed E-state index contributed by atoms with van der Waals surface area (Å²) in [6.45, 7) is 0.428. The Kier molecular flexibility index (Phi) is 5.26. The first-order valence-corrected chi connectivity index (χ1v) is 7.27. The number of hydrogen-bond donors (Lipinski definition) is 1. The Morgan fingerprint density at radius 3 is 2.40 bits per heavy atom. The van der Waals surface area contributed by atoms with Crippen LogP contribution < -0.4 is 5.73 Å². The van der Waals surface area contributed by atoms with Gasteiger partial charge in [0.15, 0.2) is 0 Å². The van der Waals surface area contributed by atoms with Gasteiger partial charge in [0.1, 0.15) is 11.6 Å². The highest BCUT2D eigenvalue weighted by Gasteiger charge is 2.14. The largest absolute Gasteiger partial charge is 0.330 e. The van der Waals surface area contributed by atoms with Gasteiger partial charge >= 0.3 is 0 Å². The lowest BCUT2D eigenvalue weighted by atomic mass is 9.92. The zero-order valence-electron chi connectivity index (χ0n) is 11.0. The number of nitrogens with two attached hydrogens (primary N) is 1. The van der Waals surface area contributed by atoms with Gasteiger partial charge in [-0.15, -0.1) is 0 Å². The second kappa shape index (κ2) is 6.95. The highest BCUT2D eigenvalue weighted by molar-refractivity contribution is 9.10. The van der Waals surface area contributed by atoms with E-state index in [0.29, 0.717) is 18.5 Å². The SMILES string of the molecule is NCC(Cc1cc(F)ccc1F)Cc1ccccc1Br. The number of rotatable bonds is 5. The van der Waals surface area contributed by atoms with Gasteiger partial charge in [0.05, 0.1) is 0 Å². The van der Waals surface area contributed by atoms with Crippen molar-refractivity contribution in [2.24, 2.45) is 11.7 Å². The molecule has 4 heteroatoms. The van der Waals surface area contributed by atoms with Crippen molar-refractivity contribution in [3.05, 3.63) is 69.7 Å². The van der Waals surface area contributed by atoms with Gasteiger partial charge in [-0.25, -0.2) is 8.78 Å². The van der Waals surface area contributed by atoms with Crippen LogP contribution in [0.5, 0.6) is 0 Å². The molecule has 1 nitrogen and oxygen atoms in total. The van der Waals surface area contributed by atoms with Crippen LogP contribution in [0.1, 0.15) is 11.1 Å². The summed E-state index contributed by atoms with van der Waals surface area (Å²) in [4.78, 5) is 0. The Morgan fingerprint density at radius 1 is 1.00 bits per heavy atom. The maximum absolute atomic E-state index is 13.7. The molecule has 0 amide bonds. The highest BCUT2D eigenvalue weighted by atomic mass is 79.9. The van der Waals surface area contributed by atoms with Gasteiger partial charge in [-0.2, -0.15) is 0 Å². The van der Waals surface area contributed by atoms with E-state index in [2.05, 4.69) is 15.9 Å². The summed E-state index contributed by atoms with van der Waals surface area (Å²) < 4.78 is 27.9. The Labute approximate surface area is 125 Å². The van der Waals surface area contributed by atoms with Crippen molar-refractivity contribution in [2.45, 2.75) is 12.8 Å². The third-order valence-electron chi connectivity index (χ3n) is 3.32. The maximum Gasteiger partial charge on any atom is 0.126 e. The van der Waals surface area contributed by atoms with Gasteiger partial charge in [0.2, 0.25) is 0 Å². The fourth-order valence-electron chi connectivity index (χ4n) is 2.22. The number of halogens is 3. The van der Waals surface area contributed by atoms with Crippen LogP contribution >= 0.6 is 15.9 Å². The average Bonchev–Trinajstić information content (AvgIpc) is 2.44. The molecule has 0 saturated heterocycles. The van der Waals surface area contributed by atoms with E-state index < -0.39 is 5.82 Å². The zero-order valence-corrected chi connectivity index (χ0v) is 12.5. The Morgan fingerprint density at radius 2 is 1.70 bits per heavy atom. The molecule has 2 N–H and O–H groups in total. The molecule has 0 heterocycles. The Bertz CT molecular complexity index is 586. The first-order chi connectivity index (χ1) is 9.60. The summed E-state index contributed by atoms with van der Waals surface area (Å²) in [5.41, 5.74) is 7.28. The van der Waals surface area contributed by atoms with Gasteiger partial charge < -0.3 is 5.73 Å². The van der Waals surface area contributed by atoms with E-state index >= 15 is 0 Å². The smallest absolute Gasteiger partial charge is 0.126 e. The molecule has 1 atom stereocenters. The molecule has 0 aromatic heterocycles. The normalized spacial score (nSPS) is 12.4. The van der Waals surface area contributed by atoms with E-state index in [-0.39, 0.29) is 11.7 Å². The van der Waals surface area contributed by atoms with E-state index in [1.54, 1.807) is 0 Å². The third kappa shape index (κ3) is 3.87. The van der Waals surface area contributed by atoms with Gasteiger partial charge in [-0.05, 0) is 60.7 Å². The van der Waals surface area contributed by atoms with E-state index in [4.69, 9.17) is 5.73 Å². The van der Waals surface area contributed by atoms with Crippen LogP contribution in [-0.2, 0) is 12.8 Å². The fraction of sp³-hybridized carbons (Fsp3) is 0.250. The lowest BCUT2D eigenvalue weighted by molar-refractivity contribution is 0.506. The van der Waals surface area contributed by atoms with Crippen LogP contribution in [0.3, 0.4) is 0 Å². The molecule has 0 radical (unpaired) electrons. The molecule has 2 rings (SSSR count). The van der Waals surface area contributed by atoms with Gasteiger partial charge in [0.25, 0.3) is 0 Å². The van der Waals surface area contributed by atoms with E-state index in [1.165, 1.54) is 6.07 Å². The standard InChI is InChI=1S/C16H16BrF2N/c17-15-4-2-1-3-12(15)7-11(10-20)8-13-9-14(18)5-6-16(13)19/h1-6,9,11H,7-8,10,20H2. The van der Waals surface area contributed by atoms with Gasteiger partial charge in [0, 0.05) is 4.47 Å². The molecule has 106 valence electrons. The number of hydrogen-bond acceptors (Lipinski definition) is 1. The fourth-order valence-corrected chi connectivity index (χ4v) is 2.67. The molecule has 0 aliphatic carbocycles. The highest BCUT2D eigenvalue weighted by Crippen LogP contribution is 2.22. The first kappa shape index (κ1) is 15.1. The molecule has 2 aromatic rings. The van der Waals surface area contributed by atoms with E-state index in [0.717, 1.165) is 28.6 Å². The Hall–Kier alpha value is -1.26. The lowest BCUT2D eigenvalue weighted by Crippen LogP contribution is -2.20. The molecule has 0 saturated carbocycles. The zero-order chi connectivity index (χ0) is 14.5. The minimum Gasteiger partial charge on any atom is -0.330 e. The van der Waals surface area contributed by atoms with Crippen molar-refractivity contribution in [3.63, 3.8) is 0 Å². The summed E-state index contributed by atoms with van der Waals surface area (Å²) in [5, 5.41) is 0. The second-order valence-electron chi connectivity index (χ2n) is 4.84. The van der Waals surface area contributed by atoms with Gasteiger partial charge in [-0.3, -0.25) is 0 Å². The van der Waals surface area contributed by atoms with Crippen molar-refractivity contribution in [3.8, 4) is 0 Å². The van der Waals surface area contributed by atoms with Crippen molar-refractivity contribution < 1.29 is 8.78 Å². The van der Waals surface area contributed by atoms with Crippen LogP contribution in [-0.4, -0.2) is 6.54 Å². The van der Waals surface area contributed by atoms with Crippen LogP contribution in [0.2, 0.25) is 0 Å². The molecule has 0 fully saturated rings. The van der Waals surface area contributed by atoms with Gasteiger partial charge in [-0.1, -0.05) is 34.1 Å². The molecule has 0 bridgehead atoms. The molecular formula is C16H16BrF2N. The molecule has 20 heavy (non-hydrogen) atoms. The molecule has 1 unspecified atom stereocenters. The summed E-state index contributed by atoms with van der Waals surface area (Å²) in [7, 11) is 0. The maximum atomic E-state index is 13.7. The minimum absolute atomic E-state index is 0.0741.